The molecule has 3 aliphatic rings. The van der Waals surface area contributed by atoms with Gasteiger partial charge in [0.1, 0.15) is 5.60 Å². The van der Waals surface area contributed by atoms with Crippen LogP contribution in [-0.4, -0.2) is 52.3 Å². The van der Waals surface area contributed by atoms with Crippen LogP contribution >= 0.6 is 0 Å². The maximum absolute atomic E-state index is 13.9. The maximum Gasteiger partial charge on any atom is 0.307 e. The number of nitrogens with zero attached hydrogens (tertiary/aromatic N) is 1. The van der Waals surface area contributed by atoms with Crippen LogP contribution in [0, 0.1) is 40.4 Å². The van der Waals surface area contributed by atoms with Gasteiger partial charge in [-0.2, -0.15) is 0 Å². The van der Waals surface area contributed by atoms with Crippen molar-refractivity contribution >= 4 is 29.2 Å². The van der Waals surface area contributed by atoms with Crippen molar-refractivity contribution in [3.63, 3.8) is 0 Å². The largest absolute Gasteiger partial charge is 0.460 e. The Morgan fingerprint density at radius 3 is 2.03 bits per heavy atom. The normalized spacial score (nSPS) is 26.6. The molecule has 0 bridgehead atoms. The van der Waals surface area contributed by atoms with Crippen molar-refractivity contribution in [2.75, 3.05) is 6.54 Å². The predicted octanol–water partition coefficient (Wildman–Crippen LogP) is 4.40. The number of carbonyl (C=O) groups is 5. The molecule has 202 valence electrons. The van der Waals surface area contributed by atoms with Crippen LogP contribution in [0.3, 0.4) is 0 Å². The van der Waals surface area contributed by atoms with E-state index < -0.39 is 46.4 Å². The molecule has 3 rings (SSSR count). The summed E-state index contributed by atoms with van der Waals surface area (Å²) in [6.07, 6.45) is 2.56. The molecule has 7 heteroatoms. The summed E-state index contributed by atoms with van der Waals surface area (Å²) >= 11 is 0. The summed E-state index contributed by atoms with van der Waals surface area (Å²) in [6, 6.07) is -0.623. The monoisotopic (exact) mass is 503 g/mol. The van der Waals surface area contributed by atoms with Crippen LogP contribution in [0.5, 0.6) is 0 Å². The van der Waals surface area contributed by atoms with Crippen LogP contribution in [0.1, 0.15) is 94.4 Å². The van der Waals surface area contributed by atoms with E-state index in [1.807, 2.05) is 20.8 Å². The van der Waals surface area contributed by atoms with E-state index in [2.05, 4.69) is 13.8 Å². The van der Waals surface area contributed by atoms with Crippen LogP contribution < -0.4 is 0 Å². The van der Waals surface area contributed by atoms with E-state index >= 15 is 0 Å². The van der Waals surface area contributed by atoms with Gasteiger partial charge >= 0.3 is 5.97 Å². The summed E-state index contributed by atoms with van der Waals surface area (Å²) in [5.74, 6) is -2.36. The van der Waals surface area contributed by atoms with E-state index in [0.717, 1.165) is 12.8 Å². The summed E-state index contributed by atoms with van der Waals surface area (Å²) < 4.78 is 5.51. The first-order chi connectivity index (χ1) is 16.3. The quantitative estimate of drug-likeness (QED) is 0.324. The number of carbonyl (C=O) groups excluding carboxylic acids is 5. The van der Waals surface area contributed by atoms with Gasteiger partial charge in [-0.1, -0.05) is 47.5 Å². The van der Waals surface area contributed by atoms with Gasteiger partial charge in [-0.15, -0.1) is 0 Å². The smallest absolute Gasteiger partial charge is 0.307 e. The van der Waals surface area contributed by atoms with E-state index in [9.17, 15) is 24.0 Å². The third-order valence-corrected chi connectivity index (χ3v) is 8.44. The topological polar surface area (TPSA) is 97.8 Å². The minimum atomic E-state index is -0.653. The second-order valence-corrected chi connectivity index (χ2v) is 14.1. The second kappa shape index (κ2) is 9.68. The van der Waals surface area contributed by atoms with Gasteiger partial charge < -0.3 is 9.64 Å². The lowest BCUT2D eigenvalue weighted by molar-refractivity contribution is -0.161. The first kappa shape index (κ1) is 28.5. The van der Waals surface area contributed by atoms with E-state index in [-0.39, 0.29) is 41.8 Å². The van der Waals surface area contributed by atoms with Crippen LogP contribution in [0.15, 0.2) is 0 Å². The van der Waals surface area contributed by atoms with Crippen LogP contribution in [-0.2, 0) is 28.7 Å². The minimum Gasteiger partial charge on any atom is -0.460 e. The lowest BCUT2D eigenvalue weighted by atomic mass is 9.77. The number of esters is 1. The van der Waals surface area contributed by atoms with Crippen LogP contribution in [0.4, 0.5) is 0 Å². The van der Waals surface area contributed by atoms with E-state index in [1.165, 1.54) is 6.92 Å². The summed E-state index contributed by atoms with van der Waals surface area (Å²) in [5, 5.41) is 0. The first-order valence-corrected chi connectivity index (χ1v) is 13.4. The Kier molecular flexibility index (Phi) is 7.67. The zero-order valence-electron chi connectivity index (χ0n) is 23.6. The second-order valence-electron chi connectivity index (χ2n) is 14.1. The highest BCUT2D eigenvalue weighted by atomic mass is 16.6. The van der Waals surface area contributed by atoms with Gasteiger partial charge in [0.05, 0.1) is 18.4 Å². The molecule has 1 saturated heterocycles. The van der Waals surface area contributed by atoms with Crippen LogP contribution in [0.2, 0.25) is 0 Å². The lowest BCUT2D eigenvalue weighted by Crippen LogP contribution is -2.51. The zero-order valence-corrected chi connectivity index (χ0v) is 23.6. The molecule has 7 nitrogen and oxygen atoms in total. The number of ketones is 3. The van der Waals surface area contributed by atoms with Gasteiger partial charge in [0.2, 0.25) is 11.7 Å². The van der Waals surface area contributed by atoms with Crippen molar-refractivity contribution in [2.24, 2.45) is 40.4 Å². The maximum atomic E-state index is 13.9. The molecule has 2 aliphatic carbocycles. The van der Waals surface area contributed by atoms with Gasteiger partial charge in [-0.3, -0.25) is 24.0 Å². The molecule has 0 aromatic heterocycles. The van der Waals surface area contributed by atoms with E-state index in [1.54, 1.807) is 25.7 Å². The molecular formula is C29H45NO6. The van der Waals surface area contributed by atoms with Crippen molar-refractivity contribution in [3.8, 4) is 0 Å². The number of amides is 1. The number of rotatable bonds is 10. The summed E-state index contributed by atoms with van der Waals surface area (Å²) in [5.41, 5.74) is -1.22. The number of hydrogen-bond acceptors (Lipinski definition) is 6. The lowest BCUT2D eigenvalue weighted by Gasteiger charge is -2.37. The van der Waals surface area contributed by atoms with Gasteiger partial charge in [-0.25, -0.2) is 0 Å². The SMILES string of the molecule is CC(=O)C(=O)C(CC(=O)[C@@H]1C2C(CN1C(=O)[C@@H](CC(=O)OC(C)(C)C)C(C)(C)C)C2(C)C)CC1CC1. The summed E-state index contributed by atoms with van der Waals surface area (Å²) in [7, 11) is 0. The van der Waals surface area contributed by atoms with Crippen molar-refractivity contribution in [2.45, 2.75) is 106 Å². The van der Waals surface area contributed by atoms with Crippen molar-refractivity contribution < 1.29 is 28.7 Å². The molecule has 1 heterocycles. The fourth-order valence-corrected chi connectivity index (χ4v) is 6.09. The average molecular weight is 504 g/mol. The van der Waals surface area contributed by atoms with Gasteiger partial charge in [0.15, 0.2) is 11.6 Å². The Morgan fingerprint density at radius 1 is 0.972 bits per heavy atom. The highest BCUT2D eigenvalue weighted by Gasteiger charge is 2.69. The van der Waals surface area contributed by atoms with Gasteiger partial charge in [0, 0.05) is 25.8 Å². The predicted molar refractivity (Wildman–Crippen MR) is 136 cm³/mol. The third-order valence-electron chi connectivity index (χ3n) is 8.44. The van der Waals surface area contributed by atoms with Gasteiger partial charge in [-0.05, 0) is 55.8 Å². The molecule has 0 spiro atoms. The van der Waals surface area contributed by atoms with Gasteiger partial charge in [0.25, 0.3) is 0 Å². The molecule has 3 unspecified atom stereocenters. The molecule has 0 aromatic carbocycles. The Morgan fingerprint density at radius 2 is 1.56 bits per heavy atom. The highest BCUT2D eigenvalue weighted by molar-refractivity contribution is 6.37. The highest BCUT2D eigenvalue weighted by Crippen LogP contribution is 2.65. The molecule has 2 saturated carbocycles. The first-order valence-electron chi connectivity index (χ1n) is 13.4. The summed E-state index contributed by atoms with van der Waals surface area (Å²) in [4.78, 5) is 66.6. The molecule has 3 fully saturated rings. The van der Waals surface area contributed by atoms with Crippen molar-refractivity contribution in [1.82, 2.24) is 4.90 Å². The number of Topliss-reactive ketones (excluding diaryl/α,β-unsaturated/α-hetero) is 3. The Hall–Kier alpha value is -2.05. The molecule has 1 aliphatic heterocycles. The molecule has 0 aromatic rings. The number of likely N-dealkylation sites (tertiary alicyclic amines) is 1. The minimum absolute atomic E-state index is 0.00505. The fraction of sp³-hybridized carbons (Fsp3) is 0.828. The molecular weight excluding hydrogens is 458 g/mol. The van der Waals surface area contributed by atoms with Crippen LogP contribution in [0.25, 0.3) is 0 Å². The average Bonchev–Trinajstić information content (AvgIpc) is 3.55. The van der Waals surface area contributed by atoms with Crippen molar-refractivity contribution in [3.05, 3.63) is 0 Å². The summed E-state index contributed by atoms with van der Waals surface area (Å²) in [6.45, 7) is 17.1. The Bertz CT molecular complexity index is 932. The zero-order chi connectivity index (χ0) is 27.4. The molecule has 0 radical (unpaired) electrons. The Balaban J connectivity index is 1.83. The fourth-order valence-electron chi connectivity index (χ4n) is 6.09. The number of fused-ring (bicyclic) bond motifs is 1. The van der Waals surface area contributed by atoms with E-state index in [4.69, 9.17) is 4.74 Å². The third kappa shape index (κ3) is 6.25. The standard InChI is InChI=1S/C29H45NO6/c1-16(31)25(34)18(12-17-10-11-17)13-21(32)24-23-20(29(23,8)9)15-30(24)26(35)19(27(2,3)4)14-22(33)36-28(5,6)7/h17-20,23-24H,10-15H2,1-9H3/t18?,19-,20?,23?,24-/m1/s1. The van der Waals surface area contributed by atoms with E-state index in [0.29, 0.717) is 18.9 Å². The number of piperidine rings is 1. The number of hydrogen-bond donors (Lipinski definition) is 0. The molecule has 5 atom stereocenters. The van der Waals surface area contributed by atoms with Crippen molar-refractivity contribution in [1.29, 1.82) is 0 Å². The molecule has 36 heavy (non-hydrogen) atoms. The molecule has 0 N–H and O–H groups in total. The number of ether oxygens (including phenoxy) is 1. The Labute approximate surface area is 216 Å². The molecule has 1 amide bonds.